The first-order valence-electron chi connectivity index (χ1n) is 9.80. The van der Waals surface area contributed by atoms with Gasteiger partial charge in [-0.25, -0.2) is 4.79 Å². The van der Waals surface area contributed by atoms with Gasteiger partial charge in [-0.3, -0.25) is 0 Å². The minimum Gasteiger partial charge on any atom is -0.490 e. The predicted molar refractivity (Wildman–Crippen MR) is 114 cm³/mol. The van der Waals surface area contributed by atoms with Crippen molar-refractivity contribution in [3.8, 4) is 5.75 Å². The van der Waals surface area contributed by atoms with Crippen LogP contribution in [0.25, 0.3) is 10.8 Å². The normalized spacial score (nSPS) is 12.0. The van der Waals surface area contributed by atoms with Crippen molar-refractivity contribution in [3.63, 3.8) is 0 Å². The summed E-state index contributed by atoms with van der Waals surface area (Å²) in [7, 11) is 0. The highest BCUT2D eigenvalue weighted by Gasteiger charge is 2.22. The van der Waals surface area contributed by atoms with Crippen molar-refractivity contribution >= 4 is 16.9 Å². The number of fused-ring (bicyclic) bond motifs is 1. The molecule has 0 fully saturated rings. The van der Waals surface area contributed by atoms with Gasteiger partial charge in [0.2, 0.25) is 0 Å². The molecule has 1 N–H and O–H groups in total. The quantitative estimate of drug-likeness (QED) is 0.606. The lowest BCUT2D eigenvalue weighted by molar-refractivity contribution is 0.0403. The molecule has 3 aromatic carbocycles. The van der Waals surface area contributed by atoms with E-state index in [1.54, 1.807) is 0 Å². The number of hydrogen-bond donors (Lipinski definition) is 1. The summed E-state index contributed by atoms with van der Waals surface area (Å²) in [6, 6.07) is 23.2. The average molecular weight is 393 g/mol. The first kappa shape index (κ1) is 20.7. The van der Waals surface area contributed by atoms with Crippen LogP contribution >= 0.6 is 0 Å². The summed E-state index contributed by atoms with van der Waals surface area (Å²) in [6.07, 6.45) is -1.28. The largest absolute Gasteiger partial charge is 0.490 e. The van der Waals surface area contributed by atoms with Gasteiger partial charge in [-0.2, -0.15) is 0 Å². The van der Waals surface area contributed by atoms with Crippen molar-refractivity contribution in [1.82, 2.24) is 4.90 Å². The number of hydrogen-bond acceptors (Lipinski definition) is 4. The molecule has 0 spiro atoms. The molecule has 0 radical (unpaired) electrons. The number of aliphatic hydroxyl groups excluding tert-OH is 1. The third kappa shape index (κ3) is 5.72. The van der Waals surface area contributed by atoms with E-state index in [9.17, 15) is 9.90 Å². The fourth-order valence-electron chi connectivity index (χ4n) is 3.09. The lowest BCUT2D eigenvalue weighted by Crippen LogP contribution is -2.43. The van der Waals surface area contributed by atoms with E-state index in [0.717, 1.165) is 16.3 Å². The van der Waals surface area contributed by atoms with Crippen LogP contribution in [-0.4, -0.2) is 41.4 Å². The van der Waals surface area contributed by atoms with Crippen LogP contribution in [0, 0.1) is 0 Å². The molecule has 3 aromatic rings. The molecule has 0 bridgehead atoms. The molecule has 0 aliphatic carbocycles. The van der Waals surface area contributed by atoms with Gasteiger partial charge in [0.1, 0.15) is 25.1 Å². The minimum absolute atomic E-state index is 0.0865. The van der Waals surface area contributed by atoms with Gasteiger partial charge in [-0.15, -0.1) is 0 Å². The van der Waals surface area contributed by atoms with Crippen LogP contribution in [0.15, 0.2) is 72.8 Å². The van der Waals surface area contributed by atoms with Crippen LogP contribution in [0.5, 0.6) is 5.75 Å². The van der Waals surface area contributed by atoms with E-state index in [4.69, 9.17) is 9.47 Å². The Bertz CT molecular complexity index is 921. The number of benzene rings is 3. The van der Waals surface area contributed by atoms with E-state index in [0.29, 0.717) is 5.75 Å². The number of amides is 1. The van der Waals surface area contributed by atoms with E-state index in [2.05, 4.69) is 0 Å². The van der Waals surface area contributed by atoms with Gasteiger partial charge in [0.15, 0.2) is 0 Å². The fourth-order valence-corrected chi connectivity index (χ4v) is 3.09. The third-order valence-corrected chi connectivity index (χ3v) is 4.65. The van der Waals surface area contributed by atoms with Crippen molar-refractivity contribution in [3.05, 3.63) is 78.4 Å². The first-order valence-corrected chi connectivity index (χ1v) is 9.80. The Labute approximate surface area is 171 Å². The molecule has 0 aliphatic rings. The van der Waals surface area contributed by atoms with Crippen molar-refractivity contribution < 1.29 is 19.4 Å². The van der Waals surface area contributed by atoms with Gasteiger partial charge in [0.05, 0.1) is 6.54 Å². The molecule has 1 unspecified atom stereocenters. The van der Waals surface area contributed by atoms with Gasteiger partial charge in [0.25, 0.3) is 0 Å². The van der Waals surface area contributed by atoms with E-state index < -0.39 is 12.2 Å². The molecule has 1 atom stereocenters. The van der Waals surface area contributed by atoms with Crippen LogP contribution in [0.1, 0.15) is 19.4 Å². The van der Waals surface area contributed by atoms with Crippen LogP contribution in [0.4, 0.5) is 4.79 Å². The average Bonchev–Trinajstić information content (AvgIpc) is 2.74. The van der Waals surface area contributed by atoms with Crippen molar-refractivity contribution in [2.45, 2.75) is 32.6 Å². The lowest BCUT2D eigenvalue weighted by atomic mass is 10.1. The summed E-state index contributed by atoms with van der Waals surface area (Å²) in [4.78, 5) is 14.0. The monoisotopic (exact) mass is 393 g/mol. The number of nitrogens with zero attached hydrogens (tertiary/aromatic N) is 1. The standard InChI is InChI=1S/C24H27NO4/c1-18(2)25(24(27)29-16-19-9-4-3-5-10-19)15-21(26)17-28-23-14-8-12-20-11-6-7-13-22(20)23/h3-14,18,21,26H,15-17H2,1-2H3. The Balaban J connectivity index is 1.56. The highest BCUT2D eigenvalue weighted by molar-refractivity contribution is 5.88. The lowest BCUT2D eigenvalue weighted by Gasteiger charge is -2.28. The number of carbonyl (C=O) groups is 1. The van der Waals surface area contributed by atoms with E-state index in [1.165, 1.54) is 4.90 Å². The molecular formula is C24H27NO4. The highest BCUT2D eigenvalue weighted by atomic mass is 16.6. The van der Waals surface area contributed by atoms with Crippen LogP contribution in [0.2, 0.25) is 0 Å². The number of rotatable bonds is 8. The molecule has 3 rings (SSSR count). The summed E-state index contributed by atoms with van der Waals surface area (Å²) in [6.45, 7) is 4.20. The molecule has 5 nitrogen and oxygen atoms in total. The van der Waals surface area contributed by atoms with Gasteiger partial charge in [-0.1, -0.05) is 66.7 Å². The topological polar surface area (TPSA) is 59.0 Å². The van der Waals surface area contributed by atoms with Crippen LogP contribution in [-0.2, 0) is 11.3 Å². The molecule has 152 valence electrons. The van der Waals surface area contributed by atoms with E-state index in [1.807, 2.05) is 86.6 Å². The Kier molecular flexibility index (Phi) is 7.09. The number of ether oxygens (including phenoxy) is 2. The minimum atomic E-state index is -0.833. The zero-order valence-corrected chi connectivity index (χ0v) is 16.8. The zero-order valence-electron chi connectivity index (χ0n) is 16.8. The Hall–Kier alpha value is -3.05. The van der Waals surface area contributed by atoms with Crippen molar-refractivity contribution in [2.24, 2.45) is 0 Å². The Morgan fingerprint density at radius 2 is 1.66 bits per heavy atom. The maximum absolute atomic E-state index is 12.5. The highest BCUT2D eigenvalue weighted by Crippen LogP contribution is 2.25. The smallest absolute Gasteiger partial charge is 0.410 e. The summed E-state index contributed by atoms with van der Waals surface area (Å²) in [5.41, 5.74) is 0.921. The van der Waals surface area contributed by atoms with Crippen LogP contribution in [0.3, 0.4) is 0 Å². The third-order valence-electron chi connectivity index (χ3n) is 4.65. The first-order chi connectivity index (χ1) is 14.0. The van der Waals surface area contributed by atoms with E-state index in [-0.39, 0.29) is 25.8 Å². The molecule has 0 aliphatic heterocycles. The summed E-state index contributed by atoms with van der Waals surface area (Å²) >= 11 is 0. The van der Waals surface area contributed by atoms with Gasteiger partial charge in [0, 0.05) is 11.4 Å². The molecular weight excluding hydrogens is 366 g/mol. The fraction of sp³-hybridized carbons (Fsp3) is 0.292. The van der Waals surface area contributed by atoms with E-state index >= 15 is 0 Å². The summed E-state index contributed by atoms with van der Waals surface area (Å²) < 4.78 is 11.2. The summed E-state index contributed by atoms with van der Waals surface area (Å²) in [5.74, 6) is 0.713. The molecule has 0 saturated heterocycles. The SMILES string of the molecule is CC(C)N(CC(O)COc1cccc2ccccc12)C(=O)OCc1ccccc1. The molecule has 0 heterocycles. The number of aliphatic hydroxyl groups is 1. The second-order valence-corrected chi connectivity index (χ2v) is 7.23. The van der Waals surface area contributed by atoms with Crippen LogP contribution < -0.4 is 4.74 Å². The van der Waals surface area contributed by atoms with Gasteiger partial charge >= 0.3 is 6.09 Å². The second kappa shape index (κ2) is 9.94. The summed E-state index contributed by atoms with van der Waals surface area (Å²) in [5, 5.41) is 12.5. The second-order valence-electron chi connectivity index (χ2n) is 7.23. The maximum atomic E-state index is 12.5. The van der Waals surface area contributed by atoms with Crippen molar-refractivity contribution in [1.29, 1.82) is 0 Å². The molecule has 29 heavy (non-hydrogen) atoms. The van der Waals surface area contributed by atoms with Crippen molar-refractivity contribution in [2.75, 3.05) is 13.2 Å². The molecule has 0 saturated carbocycles. The number of carbonyl (C=O) groups excluding carboxylic acids is 1. The molecule has 1 amide bonds. The Morgan fingerprint density at radius 3 is 2.41 bits per heavy atom. The molecule has 5 heteroatoms. The Morgan fingerprint density at radius 1 is 0.966 bits per heavy atom. The van der Waals surface area contributed by atoms with Gasteiger partial charge in [-0.05, 0) is 30.9 Å². The molecule has 0 aromatic heterocycles. The maximum Gasteiger partial charge on any atom is 0.410 e. The predicted octanol–water partition coefficient (Wildman–Crippen LogP) is 4.63. The zero-order chi connectivity index (χ0) is 20.6. The van der Waals surface area contributed by atoms with Gasteiger partial charge < -0.3 is 19.5 Å².